The molecular formula is C16H32N2O5. The summed E-state index contributed by atoms with van der Waals surface area (Å²) in [5.74, 6) is -0.360. The van der Waals surface area contributed by atoms with E-state index in [-0.39, 0.29) is 18.7 Å². The monoisotopic (exact) mass is 332 g/mol. The van der Waals surface area contributed by atoms with Crippen molar-refractivity contribution in [1.29, 1.82) is 0 Å². The summed E-state index contributed by atoms with van der Waals surface area (Å²) in [6.07, 6.45) is 0.405. The first kappa shape index (κ1) is 23.5. The molecule has 0 aliphatic carbocycles. The first-order chi connectivity index (χ1) is 10.5. The van der Waals surface area contributed by atoms with Gasteiger partial charge in [0.25, 0.3) is 0 Å². The van der Waals surface area contributed by atoms with Gasteiger partial charge in [-0.05, 0) is 33.1 Å². The molecular weight excluding hydrogens is 300 g/mol. The molecule has 23 heavy (non-hydrogen) atoms. The summed E-state index contributed by atoms with van der Waals surface area (Å²) >= 11 is 0. The first-order valence-electron chi connectivity index (χ1n) is 7.99. The lowest BCUT2D eigenvalue weighted by Crippen LogP contribution is -2.28. The second-order valence-corrected chi connectivity index (χ2v) is 6.16. The number of nitrogens with zero attached hydrogens (tertiary/aromatic N) is 1. The molecule has 0 aromatic rings. The van der Waals surface area contributed by atoms with Crippen molar-refractivity contribution < 1.29 is 24.2 Å². The lowest BCUT2D eigenvalue weighted by molar-refractivity contribution is -0.140. The number of hydrogen-bond donors (Lipinski definition) is 2. The number of amides is 2. The Balaban J connectivity index is 0. The number of carboxylic acid groups (broad SMARTS) is 1. The Labute approximate surface area is 139 Å². The maximum absolute atomic E-state index is 11.4. The minimum Gasteiger partial charge on any atom is -0.481 e. The van der Waals surface area contributed by atoms with E-state index in [1.54, 1.807) is 25.7 Å². The van der Waals surface area contributed by atoms with E-state index in [0.29, 0.717) is 5.92 Å². The minimum atomic E-state index is -0.902. The number of aliphatic carboxylic acids is 1. The molecule has 0 saturated carbocycles. The van der Waals surface area contributed by atoms with Crippen LogP contribution in [0.2, 0.25) is 0 Å². The number of carbonyl (C=O) groups excluding carboxylic acids is 2. The second kappa shape index (κ2) is 11.7. The van der Waals surface area contributed by atoms with Crippen LogP contribution in [-0.4, -0.2) is 46.7 Å². The highest BCUT2D eigenvalue weighted by Crippen LogP contribution is 2.16. The van der Waals surface area contributed by atoms with Gasteiger partial charge in [0.15, 0.2) is 0 Å². The zero-order valence-electron chi connectivity index (χ0n) is 15.2. The molecule has 1 fully saturated rings. The van der Waals surface area contributed by atoms with Crippen LogP contribution < -0.4 is 5.73 Å². The van der Waals surface area contributed by atoms with Crippen LogP contribution in [0.4, 0.5) is 4.79 Å². The predicted molar refractivity (Wildman–Crippen MR) is 89.0 cm³/mol. The Hall–Kier alpha value is -1.79. The smallest absolute Gasteiger partial charge is 0.405 e. The van der Waals surface area contributed by atoms with Gasteiger partial charge in [0, 0.05) is 19.5 Å². The molecule has 136 valence electrons. The number of primary amides is 1. The fourth-order valence-electron chi connectivity index (χ4n) is 1.84. The van der Waals surface area contributed by atoms with Crippen molar-refractivity contribution in [2.75, 3.05) is 13.1 Å². The maximum Gasteiger partial charge on any atom is 0.405 e. The molecule has 1 aliphatic rings. The summed E-state index contributed by atoms with van der Waals surface area (Å²) in [5, 5.41) is 8.39. The number of carbonyl (C=O) groups is 3. The molecule has 2 amide bonds. The van der Waals surface area contributed by atoms with E-state index in [0.717, 1.165) is 19.5 Å². The SMILES string of the molecule is CC.CC(C)(C)OC(N)=O.C[C@@H]1CCN(C(=O)CCC(=O)O)C1. The fourth-order valence-corrected chi connectivity index (χ4v) is 1.84. The normalized spacial score (nSPS) is 16.4. The van der Waals surface area contributed by atoms with Crippen molar-refractivity contribution in [2.24, 2.45) is 11.7 Å². The van der Waals surface area contributed by atoms with Crippen LogP contribution in [0, 0.1) is 5.92 Å². The first-order valence-corrected chi connectivity index (χ1v) is 7.99. The third-order valence-corrected chi connectivity index (χ3v) is 2.74. The Kier molecular flexibility index (Phi) is 12.0. The van der Waals surface area contributed by atoms with Gasteiger partial charge in [-0.15, -0.1) is 0 Å². The summed E-state index contributed by atoms with van der Waals surface area (Å²) < 4.78 is 4.58. The van der Waals surface area contributed by atoms with E-state index < -0.39 is 17.7 Å². The van der Waals surface area contributed by atoms with E-state index in [2.05, 4.69) is 11.7 Å². The molecule has 7 nitrogen and oxygen atoms in total. The van der Waals surface area contributed by atoms with Crippen LogP contribution in [0.15, 0.2) is 0 Å². The van der Waals surface area contributed by atoms with Gasteiger partial charge in [0.1, 0.15) is 5.60 Å². The number of nitrogens with two attached hydrogens (primary N) is 1. The average molecular weight is 332 g/mol. The van der Waals surface area contributed by atoms with Crippen molar-refractivity contribution in [1.82, 2.24) is 4.90 Å². The molecule has 0 bridgehead atoms. The molecule has 0 unspecified atom stereocenters. The Morgan fingerprint density at radius 2 is 1.74 bits per heavy atom. The third-order valence-electron chi connectivity index (χ3n) is 2.74. The minimum absolute atomic E-state index is 0.0215. The molecule has 1 rings (SSSR count). The maximum atomic E-state index is 11.4. The van der Waals surface area contributed by atoms with Crippen LogP contribution in [0.1, 0.15) is 60.8 Å². The van der Waals surface area contributed by atoms with Gasteiger partial charge in [-0.25, -0.2) is 4.79 Å². The van der Waals surface area contributed by atoms with Crippen molar-refractivity contribution in [3.63, 3.8) is 0 Å². The summed E-state index contributed by atoms with van der Waals surface area (Å²) in [6.45, 7) is 13.0. The van der Waals surface area contributed by atoms with Gasteiger partial charge in [0.2, 0.25) is 5.91 Å². The Morgan fingerprint density at radius 3 is 2.00 bits per heavy atom. The molecule has 1 atom stereocenters. The zero-order valence-corrected chi connectivity index (χ0v) is 15.2. The summed E-state index contributed by atoms with van der Waals surface area (Å²) in [7, 11) is 0. The molecule has 1 aliphatic heterocycles. The summed E-state index contributed by atoms with van der Waals surface area (Å²) in [4.78, 5) is 33.3. The van der Waals surface area contributed by atoms with Crippen LogP contribution in [0.25, 0.3) is 0 Å². The van der Waals surface area contributed by atoms with E-state index in [9.17, 15) is 14.4 Å². The molecule has 0 spiro atoms. The highest BCUT2D eigenvalue weighted by Gasteiger charge is 2.22. The molecule has 0 aromatic carbocycles. The van der Waals surface area contributed by atoms with E-state index in [4.69, 9.17) is 10.8 Å². The van der Waals surface area contributed by atoms with Gasteiger partial charge < -0.3 is 20.5 Å². The highest BCUT2D eigenvalue weighted by atomic mass is 16.6. The quantitative estimate of drug-likeness (QED) is 0.825. The fraction of sp³-hybridized carbons (Fsp3) is 0.812. The van der Waals surface area contributed by atoms with E-state index >= 15 is 0 Å². The topological polar surface area (TPSA) is 110 Å². The van der Waals surface area contributed by atoms with Gasteiger partial charge in [-0.1, -0.05) is 20.8 Å². The van der Waals surface area contributed by atoms with Gasteiger partial charge >= 0.3 is 12.1 Å². The molecule has 1 heterocycles. The van der Waals surface area contributed by atoms with Gasteiger partial charge in [-0.3, -0.25) is 9.59 Å². The zero-order chi connectivity index (χ0) is 18.6. The van der Waals surface area contributed by atoms with Crippen LogP contribution in [0.3, 0.4) is 0 Å². The van der Waals surface area contributed by atoms with E-state index in [1.807, 2.05) is 13.8 Å². The Bertz CT molecular complexity index is 377. The van der Waals surface area contributed by atoms with Gasteiger partial charge in [-0.2, -0.15) is 0 Å². The lowest BCUT2D eigenvalue weighted by atomic mass is 10.2. The van der Waals surface area contributed by atoms with E-state index in [1.165, 1.54) is 0 Å². The summed E-state index contributed by atoms with van der Waals surface area (Å²) in [5.41, 5.74) is 4.26. The van der Waals surface area contributed by atoms with Crippen LogP contribution in [-0.2, 0) is 14.3 Å². The predicted octanol–water partition coefficient (Wildman–Crippen LogP) is 2.63. The number of likely N-dealkylation sites (tertiary alicyclic amines) is 1. The van der Waals surface area contributed by atoms with Crippen LogP contribution in [0.5, 0.6) is 0 Å². The largest absolute Gasteiger partial charge is 0.481 e. The van der Waals surface area contributed by atoms with Gasteiger partial charge in [0.05, 0.1) is 6.42 Å². The van der Waals surface area contributed by atoms with Crippen LogP contribution >= 0.6 is 0 Å². The molecule has 0 radical (unpaired) electrons. The number of rotatable bonds is 3. The highest BCUT2D eigenvalue weighted by molar-refractivity contribution is 5.80. The lowest BCUT2D eigenvalue weighted by Gasteiger charge is -2.16. The van der Waals surface area contributed by atoms with Crippen molar-refractivity contribution in [2.45, 2.75) is 66.4 Å². The van der Waals surface area contributed by atoms with Crippen molar-refractivity contribution >= 4 is 18.0 Å². The number of ether oxygens (including phenoxy) is 1. The van der Waals surface area contributed by atoms with Crippen molar-refractivity contribution in [3.05, 3.63) is 0 Å². The summed E-state index contributed by atoms with van der Waals surface area (Å²) in [6, 6.07) is 0. The average Bonchev–Trinajstić information content (AvgIpc) is 2.83. The second-order valence-electron chi connectivity index (χ2n) is 6.16. The number of hydrogen-bond acceptors (Lipinski definition) is 4. The molecule has 7 heteroatoms. The van der Waals surface area contributed by atoms with Crippen molar-refractivity contribution in [3.8, 4) is 0 Å². The Morgan fingerprint density at radius 1 is 1.22 bits per heavy atom. The standard InChI is InChI=1S/C9H15NO3.C5H11NO2.C2H6/c1-7-4-5-10(6-7)8(11)2-3-9(12)13;1-5(2,3)8-4(6)7;1-2/h7H,2-6H2,1H3,(H,12,13);1-3H3,(H2,6,7);1-2H3/t7-;;/m1../s1. The molecule has 0 aromatic heterocycles. The number of carboxylic acids is 1. The molecule has 1 saturated heterocycles. The molecule has 3 N–H and O–H groups in total. The third kappa shape index (κ3) is 14.9.